The van der Waals surface area contributed by atoms with Crippen molar-refractivity contribution in [3.05, 3.63) is 36.5 Å². The molecule has 6 heteroatoms. The van der Waals surface area contributed by atoms with E-state index in [0.29, 0.717) is 19.3 Å². The zero-order valence-electron chi connectivity index (χ0n) is 46.3. The fraction of sp³-hybridized carbons (Fsp3) is 0.857. The summed E-state index contributed by atoms with van der Waals surface area (Å²) in [7, 11) is 0. The predicted molar refractivity (Wildman–Crippen MR) is 298 cm³/mol. The van der Waals surface area contributed by atoms with E-state index in [9.17, 15) is 14.4 Å². The van der Waals surface area contributed by atoms with Gasteiger partial charge in [0.2, 0.25) is 0 Å². The molecular formula is C63H116O6. The van der Waals surface area contributed by atoms with Gasteiger partial charge in [0, 0.05) is 19.3 Å². The maximum absolute atomic E-state index is 12.9. The Morgan fingerprint density at radius 3 is 0.739 bits per heavy atom. The first kappa shape index (κ1) is 66.6. The van der Waals surface area contributed by atoms with E-state index >= 15 is 0 Å². The summed E-state index contributed by atoms with van der Waals surface area (Å²) < 4.78 is 16.9. The van der Waals surface area contributed by atoms with Crippen molar-refractivity contribution in [3.8, 4) is 0 Å². The Bertz CT molecular complexity index is 1160. The van der Waals surface area contributed by atoms with Crippen molar-refractivity contribution in [2.24, 2.45) is 0 Å². The van der Waals surface area contributed by atoms with Crippen LogP contribution in [0.1, 0.15) is 329 Å². The maximum Gasteiger partial charge on any atom is 0.306 e. The molecule has 1 unspecified atom stereocenters. The molecule has 0 aromatic carbocycles. The first-order valence-corrected chi connectivity index (χ1v) is 30.5. The highest BCUT2D eigenvalue weighted by molar-refractivity contribution is 5.71. The number of carbonyl (C=O) groups excluding carboxylic acids is 3. The number of esters is 3. The van der Waals surface area contributed by atoms with Crippen LogP contribution in [-0.2, 0) is 28.6 Å². The van der Waals surface area contributed by atoms with Gasteiger partial charge in [-0.15, -0.1) is 0 Å². The van der Waals surface area contributed by atoms with Crippen LogP contribution in [0, 0.1) is 0 Å². The lowest BCUT2D eigenvalue weighted by molar-refractivity contribution is -0.167. The third-order valence-corrected chi connectivity index (χ3v) is 13.6. The second-order valence-corrected chi connectivity index (χ2v) is 20.6. The highest BCUT2D eigenvalue weighted by Crippen LogP contribution is 2.16. The van der Waals surface area contributed by atoms with Gasteiger partial charge in [-0.2, -0.15) is 0 Å². The number of hydrogen-bond donors (Lipinski definition) is 0. The molecule has 404 valence electrons. The predicted octanol–water partition coefficient (Wildman–Crippen LogP) is 20.4. The molecular weight excluding hydrogens is 853 g/mol. The first-order valence-electron chi connectivity index (χ1n) is 30.5. The lowest BCUT2D eigenvalue weighted by Crippen LogP contribution is -2.30. The normalized spacial score (nSPS) is 12.2. The molecule has 0 amide bonds. The van der Waals surface area contributed by atoms with Gasteiger partial charge in [0.1, 0.15) is 13.2 Å². The zero-order chi connectivity index (χ0) is 50.0. The Morgan fingerprint density at radius 2 is 0.478 bits per heavy atom. The average molecular weight is 970 g/mol. The van der Waals surface area contributed by atoms with E-state index in [-0.39, 0.29) is 31.1 Å². The van der Waals surface area contributed by atoms with Crippen molar-refractivity contribution < 1.29 is 28.6 Å². The Morgan fingerprint density at radius 1 is 0.275 bits per heavy atom. The van der Waals surface area contributed by atoms with Crippen LogP contribution in [-0.4, -0.2) is 37.2 Å². The third-order valence-electron chi connectivity index (χ3n) is 13.6. The van der Waals surface area contributed by atoms with Gasteiger partial charge in [-0.1, -0.05) is 250 Å². The summed E-state index contributed by atoms with van der Waals surface area (Å²) in [5, 5.41) is 0. The van der Waals surface area contributed by atoms with E-state index in [0.717, 1.165) is 70.6 Å². The lowest BCUT2D eigenvalue weighted by atomic mass is 10.0. The van der Waals surface area contributed by atoms with Crippen molar-refractivity contribution in [3.63, 3.8) is 0 Å². The van der Waals surface area contributed by atoms with E-state index in [1.54, 1.807) is 0 Å². The summed E-state index contributed by atoms with van der Waals surface area (Å²) in [6, 6.07) is 0. The molecule has 0 bridgehead atoms. The van der Waals surface area contributed by atoms with Crippen molar-refractivity contribution >= 4 is 17.9 Å². The first-order chi connectivity index (χ1) is 34.0. The van der Waals surface area contributed by atoms with Gasteiger partial charge in [0.15, 0.2) is 6.10 Å². The maximum atomic E-state index is 12.9. The number of ether oxygens (including phenoxy) is 3. The van der Waals surface area contributed by atoms with Crippen LogP contribution in [0.5, 0.6) is 0 Å². The molecule has 0 saturated carbocycles. The van der Waals surface area contributed by atoms with Crippen LogP contribution in [0.4, 0.5) is 0 Å². The van der Waals surface area contributed by atoms with Crippen molar-refractivity contribution in [2.75, 3.05) is 13.2 Å². The highest BCUT2D eigenvalue weighted by Gasteiger charge is 2.19. The van der Waals surface area contributed by atoms with Crippen LogP contribution in [0.2, 0.25) is 0 Å². The minimum Gasteiger partial charge on any atom is -0.462 e. The van der Waals surface area contributed by atoms with Crippen LogP contribution in [0.25, 0.3) is 0 Å². The van der Waals surface area contributed by atoms with Gasteiger partial charge < -0.3 is 14.2 Å². The lowest BCUT2D eigenvalue weighted by Gasteiger charge is -2.18. The van der Waals surface area contributed by atoms with Gasteiger partial charge in [-0.05, 0) is 96.3 Å². The summed E-state index contributed by atoms with van der Waals surface area (Å²) >= 11 is 0. The van der Waals surface area contributed by atoms with E-state index in [1.165, 1.54) is 218 Å². The van der Waals surface area contributed by atoms with Crippen LogP contribution in [0.15, 0.2) is 36.5 Å². The smallest absolute Gasteiger partial charge is 0.306 e. The molecule has 0 heterocycles. The average Bonchev–Trinajstić information content (AvgIpc) is 3.35. The van der Waals surface area contributed by atoms with Gasteiger partial charge in [0.05, 0.1) is 0 Å². The number of allylic oxidation sites excluding steroid dienone is 6. The summed E-state index contributed by atoms with van der Waals surface area (Å²) in [4.78, 5) is 38.2. The molecule has 0 spiro atoms. The Kier molecular flexibility index (Phi) is 56.2. The Labute approximate surface area is 429 Å². The molecule has 0 aliphatic carbocycles. The molecule has 0 aliphatic rings. The molecule has 69 heavy (non-hydrogen) atoms. The Hall–Kier alpha value is -2.37. The van der Waals surface area contributed by atoms with Crippen LogP contribution < -0.4 is 0 Å². The standard InChI is InChI=1S/C63H116O6/c1-4-7-10-13-16-19-22-25-27-28-29-30-31-32-33-34-36-38-41-44-47-50-53-56-62(65)68-59-60(58-67-61(64)55-52-49-46-43-40-37-24-21-18-15-12-9-6-3)69-63(66)57-54-51-48-45-42-39-35-26-23-20-17-14-11-8-5-2/h21,24,26,28-29,35,60H,4-20,22-23,25,27,30-34,36-59H2,1-3H3/b24-21-,29-28-,35-26-. The molecule has 0 aromatic rings. The number of unbranched alkanes of at least 4 members (excludes halogenated alkanes) is 39. The zero-order valence-corrected chi connectivity index (χ0v) is 46.3. The van der Waals surface area contributed by atoms with E-state index in [2.05, 4.69) is 57.2 Å². The molecule has 1 atom stereocenters. The molecule has 0 rings (SSSR count). The Balaban J connectivity index is 4.28. The summed E-state index contributed by atoms with van der Waals surface area (Å²) in [5.74, 6) is -0.877. The fourth-order valence-corrected chi connectivity index (χ4v) is 8.96. The molecule has 6 nitrogen and oxygen atoms in total. The van der Waals surface area contributed by atoms with Gasteiger partial charge >= 0.3 is 17.9 Å². The van der Waals surface area contributed by atoms with Crippen LogP contribution >= 0.6 is 0 Å². The number of hydrogen-bond acceptors (Lipinski definition) is 6. The van der Waals surface area contributed by atoms with E-state index < -0.39 is 6.10 Å². The molecule has 0 saturated heterocycles. The van der Waals surface area contributed by atoms with Gasteiger partial charge in [-0.25, -0.2) is 0 Å². The highest BCUT2D eigenvalue weighted by atomic mass is 16.6. The minimum absolute atomic E-state index is 0.0759. The molecule has 0 fully saturated rings. The summed E-state index contributed by atoms with van der Waals surface area (Å²) in [6.45, 7) is 6.65. The van der Waals surface area contributed by atoms with Crippen molar-refractivity contribution in [2.45, 2.75) is 335 Å². The second kappa shape index (κ2) is 58.2. The molecule has 0 N–H and O–H groups in total. The molecule has 0 aromatic heterocycles. The summed E-state index contributed by atoms with van der Waals surface area (Å²) in [6.07, 6.45) is 70.0. The van der Waals surface area contributed by atoms with Crippen molar-refractivity contribution in [1.29, 1.82) is 0 Å². The quantitative estimate of drug-likeness (QED) is 0.0261. The minimum atomic E-state index is -0.778. The van der Waals surface area contributed by atoms with Crippen molar-refractivity contribution in [1.82, 2.24) is 0 Å². The monoisotopic (exact) mass is 969 g/mol. The number of rotatable bonds is 56. The second-order valence-electron chi connectivity index (χ2n) is 20.6. The largest absolute Gasteiger partial charge is 0.462 e. The van der Waals surface area contributed by atoms with Crippen LogP contribution in [0.3, 0.4) is 0 Å². The van der Waals surface area contributed by atoms with Gasteiger partial charge in [-0.3, -0.25) is 14.4 Å². The SMILES string of the molecule is CCCCCC/C=C\CCCCCCCC(=O)OCC(COC(=O)CCCCCCCCCCCCC/C=C\CCCCCCCCCC)OC(=O)CCCCCCC/C=C\CCCCCCCC. The topological polar surface area (TPSA) is 78.9 Å². The summed E-state index contributed by atoms with van der Waals surface area (Å²) in [5.41, 5.74) is 0. The number of carbonyl (C=O) groups is 3. The van der Waals surface area contributed by atoms with E-state index in [1.807, 2.05) is 0 Å². The molecule has 0 radical (unpaired) electrons. The van der Waals surface area contributed by atoms with E-state index in [4.69, 9.17) is 14.2 Å². The third kappa shape index (κ3) is 56.4. The van der Waals surface area contributed by atoms with Gasteiger partial charge in [0.25, 0.3) is 0 Å². The molecule has 0 aliphatic heterocycles. The fourth-order valence-electron chi connectivity index (χ4n) is 8.96.